The van der Waals surface area contributed by atoms with Crippen molar-refractivity contribution in [2.24, 2.45) is 0 Å². The Morgan fingerprint density at radius 2 is 1.94 bits per heavy atom. The van der Waals surface area contributed by atoms with Gasteiger partial charge in [-0.05, 0) is 31.4 Å². The van der Waals surface area contributed by atoms with E-state index in [1.807, 2.05) is 11.8 Å². The topological polar surface area (TPSA) is 42.1 Å². The first-order chi connectivity index (χ1) is 8.06. The third-order valence-electron chi connectivity index (χ3n) is 2.92. The maximum atomic E-state index is 12.4. The summed E-state index contributed by atoms with van der Waals surface area (Å²) >= 11 is 0. The third-order valence-corrected chi connectivity index (χ3v) is 2.92. The van der Waals surface area contributed by atoms with Crippen molar-refractivity contribution in [3.05, 3.63) is 29.5 Å². The van der Waals surface area contributed by atoms with Crippen molar-refractivity contribution in [3.8, 4) is 0 Å². The Bertz CT molecular complexity index is 423. The number of rotatable bonds is 1. The van der Waals surface area contributed by atoms with E-state index in [9.17, 15) is 8.78 Å². The Morgan fingerprint density at radius 1 is 1.29 bits per heavy atom. The van der Waals surface area contributed by atoms with Gasteiger partial charge in [0.25, 0.3) is 6.08 Å². The highest BCUT2D eigenvalue weighted by atomic mass is 19.3. The fourth-order valence-corrected chi connectivity index (χ4v) is 2.03. The Hall–Kier alpha value is -1.65. The van der Waals surface area contributed by atoms with Crippen LogP contribution in [0.4, 0.5) is 20.3 Å². The number of halogens is 2. The van der Waals surface area contributed by atoms with Crippen LogP contribution >= 0.6 is 0 Å². The number of nitrogens with two attached hydrogens (primary N) is 1. The molecule has 2 N–H and O–H groups in total. The molecule has 1 saturated heterocycles. The highest BCUT2D eigenvalue weighted by Crippen LogP contribution is 2.25. The molecule has 17 heavy (non-hydrogen) atoms. The van der Waals surface area contributed by atoms with Gasteiger partial charge in [0, 0.05) is 30.5 Å². The summed E-state index contributed by atoms with van der Waals surface area (Å²) in [6, 6.07) is 3.58. The number of hydrogen-bond acceptors (Lipinski definition) is 3. The van der Waals surface area contributed by atoms with E-state index in [1.165, 1.54) is 0 Å². The van der Waals surface area contributed by atoms with Gasteiger partial charge in [0.05, 0.1) is 0 Å². The molecule has 0 bridgehead atoms. The summed E-state index contributed by atoms with van der Waals surface area (Å²) in [7, 11) is 0. The minimum Gasteiger partial charge on any atom is -0.399 e. The highest BCUT2D eigenvalue weighted by Gasteiger charge is 2.18. The van der Waals surface area contributed by atoms with Gasteiger partial charge in [-0.2, -0.15) is 8.78 Å². The van der Waals surface area contributed by atoms with E-state index < -0.39 is 6.08 Å². The second-order valence-corrected chi connectivity index (χ2v) is 4.25. The fraction of sp³-hybridized carbons (Fsp3) is 0.417. The van der Waals surface area contributed by atoms with E-state index in [-0.39, 0.29) is 5.57 Å². The molecule has 2 rings (SSSR count). The van der Waals surface area contributed by atoms with E-state index in [0.29, 0.717) is 31.6 Å². The lowest BCUT2D eigenvalue weighted by Gasteiger charge is -2.29. The molecule has 1 aromatic heterocycles. The molecule has 1 aromatic rings. The fourth-order valence-electron chi connectivity index (χ4n) is 2.03. The van der Waals surface area contributed by atoms with Crippen LogP contribution in [0.5, 0.6) is 0 Å². The highest BCUT2D eigenvalue weighted by molar-refractivity contribution is 5.52. The third kappa shape index (κ3) is 2.72. The van der Waals surface area contributed by atoms with Crippen LogP contribution in [0.1, 0.15) is 18.5 Å². The first kappa shape index (κ1) is 11.8. The number of aromatic nitrogens is 1. The van der Waals surface area contributed by atoms with Gasteiger partial charge >= 0.3 is 0 Å². The summed E-state index contributed by atoms with van der Waals surface area (Å²) in [5.74, 6) is 0.779. The van der Waals surface area contributed by atoms with Crippen molar-refractivity contribution in [1.82, 2.24) is 4.98 Å². The van der Waals surface area contributed by atoms with Gasteiger partial charge in [-0.1, -0.05) is 0 Å². The lowest BCUT2D eigenvalue weighted by Crippen LogP contribution is -2.31. The Labute approximate surface area is 98.9 Å². The van der Waals surface area contributed by atoms with E-state index in [2.05, 4.69) is 4.98 Å². The summed E-state index contributed by atoms with van der Waals surface area (Å²) in [5, 5.41) is 0. The summed E-state index contributed by atoms with van der Waals surface area (Å²) < 4.78 is 24.8. The van der Waals surface area contributed by atoms with Crippen molar-refractivity contribution in [2.45, 2.75) is 19.8 Å². The molecule has 0 spiro atoms. The van der Waals surface area contributed by atoms with Crippen LogP contribution in [0.15, 0.2) is 23.8 Å². The maximum absolute atomic E-state index is 12.4. The molecule has 1 aliphatic heterocycles. The smallest absolute Gasteiger partial charge is 0.269 e. The zero-order valence-corrected chi connectivity index (χ0v) is 9.71. The second-order valence-electron chi connectivity index (χ2n) is 4.25. The van der Waals surface area contributed by atoms with E-state index in [4.69, 9.17) is 5.73 Å². The molecule has 0 aliphatic carbocycles. The molecule has 1 aliphatic rings. The Balaban J connectivity index is 2.13. The van der Waals surface area contributed by atoms with Gasteiger partial charge in [-0.3, -0.25) is 0 Å². The van der Waals surface area contributed by atoms with Gasteiger partial charge < -0.3 is 10.6 Å². The van der Waals surface area contributed by atoms with E-state index >= 15 is 0 Å². The van der Waals surface area contributed by atoms with Crippen LogP contribution in [0.3, 0.4) is 0 Å². The Morgan fingerprint density at radius 3 is 2.47 bits per heavy atom. The lowest BCUT2D eigenvalue weighted by atomic mass is 10.1. The predicted molar refractivity (Wildman–Crippen MR) is 64.1 cm³/mol. The van der Waals surface area contributed by atoms with Gasteiger partial charge in [0.15, 0.2) is 0 Å². The summed E-state index contributed by atoms with van der Waals surface area (Å²) in [6.07, 6.45) is -0.725. The standard InChI is InChI=1S/C12H15F2N3/c1-8-6-10(15)7-11(16-8)17-4-2-9(3-5-17)12(13)14/h6-7H,2-5H2,1H3,(H2,15,16). The number of anilines is 2. The minimum atomic E-state index is -1.53. The van der Waals surface area contributed by atoms with Crippen LogP contribution in [0.25, 0.3) is 0 Å². The minimum absolute atomic E-state index is 0.266. The molecule has 5 heteroatoms. The SMILES string of the molecule is Cc1cc(N)cc(N2CCC(=C(F)F)CC2)n1. The van der Waals surface area contributed by atoms with E-state index in [0.717, 1.165) is 11.5 Å². The van der Waals surface area contributed by atoms with Gasteiger partial charge in [-0.25, -0.2) is 4.98 Å². The maximum Gasteiger partial charge on any atom is 0.269 e. The number of piperidine rings is 1. The predicted octanol–water partition coefficient (Wildman–Crippen LogP) is 2.72. The number of nitrogens with zero attached hydrogens (tertiary/aromatic N) is 2. The van der Waals surface area contributed by atoms with Gasteiger partial charge in [0.1, 0.15) is 5.82 Å². The quantitative estimate of drug-likeness (QED) is 0.819. The molecule has 0 radical (unpaired) electrons. The second kappa shape index (κ2) is 4.69. The summed E-state index contributed by atoms with van der Waals surface area (Å²) in [4.78, 5) is 6.37. The van der Waals surface area contributed by atoms with Crippen molar-refractivity contribution in [3.63, 3.8) is 0 Å². The molecule has 0 aromatic carbocycles. The van der Waals surface area contributed by atoms with E-state index in [1.54, 1.807) is 12.1 Å². The number of pyridine rings is 1. The molecule has 3 nitrogen and oxygen atoms in total. The van der Waals surface area contributed by atoms with Crippen molar-refractivity contribution in [2.75, 3.05) is 23.7 Å². The van der Waals surface area contributed by atoms with Crippen LogP contribution in [-0.2, 0) is 0 Å². The molecule has 92 valence electrons. The molecule has 2 heterocycles. The van der Waals surface area contributed by atoms with Crippen LogP contribution in [0.2, 0.25) is 0 Å². The first-order valence-electron chi connectivity index (χ1n) is 5.58. The number of hydrogen-bond donors (Lipinski definition) is 1. The molecule has 0 amide bonds. The summed E-state index contributed by atoms with van der Waals surface area (Å²) in [5.41, 5.74) is 7.51. The average Bonchev–Trinajstić information content (AvgIpc) is 2.28. The molecular formula is C12H15F2N3. The van der Waals surface area contributed by atoms with Gasteiger partial charge in [-0.15, -0.1) is 0 Å². The zero-order chi connectivity index (χ0) is 12.4. The average molecular weight is 239 g/mol. The molecule has 0 unspecified atom stereocenters. The number of aryl methyl sites for hydroxylation is 1. The van der Waals surface area contributed by atoms with Crippen molar-refractivity contribution < 1.29 is 8.78 Å². The zero-order valence-electron chi connectivity index (χ0n) is 9.71. The summed E-state index contributed by atoms with van der Waals surface area (Å²) in [6.45, 7) is 3.02. The molecule has 0 saturated carbocycles. The monoisotopic (exact) mass is 239 g/mol. The Kier molecular flexibility index (Phi) is 3.26. The number of nitrogen functional groups attached to an aromatic ring is 1. The van der Waals surface area contributed by atoms with Crippen molar-refractivity contribution in [1.29, 1.82) is 0 Å². The van der Waals surface area contributed by atoms with Crippen LogP contribution < -0.4 is 10.6 Å². The molecule has 1 fully saturated rings. The normalized spacial score (nSPS) is 16.2. The van der Waals surface area contributed by atoms with Crippen LogP contribution in [-0.4, -0.2) is 18.1 Å². The lowest BCUT2D eigenvalue weighted by molar-refractivity contribution is 0.399. The largest absolute Gasteiger partial charge is 0.399 e. The van der Waals surface area contributed by atoms with Crippen molar-refractivity contribution >= 4 is 11.5 Å². The molecular weight excluding hydrogens is 224 g/mol. The molecule has 0 atom stereocenters. The van der Waals surface area contributed by atoms with Gasteiger partial charge in [0.2, 0.25) is 0 Å². The first-order valence-corrected chi connectivity index (χ1v) is 5.58. The van der Waals surface area contributed by atoms with Crippen LogP contribution in [0, 0.1) is 6.92 Å².